The molecule has 4 heteroatoms. The summed E-state index contributed by atoms with van der Waals surface area (Å²) >= 11 is 9.54. The zero-order valence-corrected chi connectivity index (χ0v) is 13.2. The fourth-order valence-electron chi connectivity index (χ4n) is 2.28. The third-order valence-corrected chi connectivity index (χ3v) is 4.20. The number of nitrogens with one attached hydrogen (secondary N) is 1. The summed E-state index contributed by atoms with van der Waals surface area (Å²) in [5, 5.41) is 5.39. The second-order valence-electron chi connectivity index (χ2n) is 4.62. The Balaban J connectivity index is 1.70. The Kier molecular flexibility index (Phi) is 3.99. The molecule has 3 aromatic rings. The Labute approximate surface area is 131 Å². The summed E-state index contributed by atoms with van der Waals surface area (Å²) in [5.41, 5.74) is 2.33. The molecule has 0 aliphatic carbocycles. The van der Waals surface area contributed by atoms with Gasteiger partial charge in [0.15, 0.2) is 0 Å². The maximum Gasteiger partial charge on any atom is 0.0485 e. The molecule has 102 valence electrons. The summed E-state index contributed by atoms with van der Waals surface area (Å²) in [5.74, 6) is 0. The summed E-state index contributed by atoms with van der Waals surface area (Å²) in [6, 6.07) is 16.2. The van der Waals surface area contributed by atoms with E-state index in [-0.39, 0.29) is 0 Å². The zero-order valence-electron chi connectivity index (χ0n) is 10.8. The summed E-state index contributed by atoms with van der Waals surface area (Å²) in [6.07, 6.45) is 2.10. The SMILES string of the molecule is Clc1ccc2c(ccn2CCNc2ccccc2Br)c1. The van der Waals surface area contributed by atoms with Gasteiger partial charge in [-0.05, 0) is 52.3 Å². The van der Waals surface area contributed by atoms with Crippen molar-refractivity contribution in [1.29, 1.82) is 0 Å². The van der Waals surface area contributed by atoms with Gasteiger partial charge in [-0.2, -0.15) is 0 Å². The minimum atomic E-state index is 0.779. The summed E-state index contributed by atoms with van der Waals surface area (Å²) in [7, 11) is 0. The van der Waals surface area contributed by atoms with Crippen molar-refractivity contribution in [2.45, 2.75) is 6.54 Å². The van der Waals surface area contributed by atoms with E-state index in [4.69, 9.17) is 11.6 Å². The number of para-hydroxylation sites is 1. The van der Waals surface area contributed by atoms with E-state index in [1.54, 1.807) is 0 Å². The van der Waals surface area contributed by atoms with Crippen LogP contribution < -0.4 is 5.32 Å². The first-order chi connectivity index (χ1) is 9.74. The molecule has 3 rings (SSSR count). The highest BCUT2D eigenvalue weighted by Gasteiger charge is 2.02. The number of hydrogen-bond acceptors (Lipinski definition) is 1. The highest BCUT2D eigenvalue weighted by Crippen LogP contribution is 2.22. The van der Waals surface area contributed by atoms with Gasteiger partial charge in [-0.15, -0.1) is 0 Å². The lowest BCUT2D eigenvalue weighted by Crippen LogP contribution is -2.09. The Hall–Kier alpha value is -1.45. The summed E-state index contributed by atoms with van der Waals surface area (Å²) in [6.45, 7) is 1.78. The van der Waals surface area contributed by atoms with Gasteiger partial charge in [-0.3, -0.25) is 0 Å². The molecular weight excluding hydrogens is 336 g/mol. The molecule has 0 aliphatic heterocycles. The lowest BCUT2D eigenvalue weighted by molar-refractivity contribution is 0.757. The number of hydrogen-bond donors (Lipinski definition) is 1. The quantitative estimate of drug-likeness (QED) is 0.687. The van der Waals surface area contributed by atoms with Crippen molar-refractivity contribution in [3.8, 4) is 0 Å². The molecule has 1 heterocycles. The van der Waals surface area contributed by atoms with Crippen molar-refractivity contribution in [3.63, 3.8) is 0 Å². The van der Waals surface area contributed by atoms with Gasteiger partial charge in [0, 0.05) is 45.4 Å². The van der Waals surface area contributed by atoms with Crippen LogP contribution in [0.2, 0.25) is 5.02 Å². The molecular formula is C16H14BrClN2. The van der Waals surface area contributed by atoms with Crippen molar-refractivity contribution in [1.82, 2.24) is 4.57 Å². The van der Waals surface area contributed by atoms with E-state index >= 15 is 0 Å². The first-order valence-electron chi connectivity index (χ1n) is 6.47. The first-order valence-corrected chi connectivity index (χ1v) is 7.64. The predicted octanol–water partition coefficient (Wildman–Crippen LogP) is 5.17. The highest BCUT2D eigenvalue weighted by atomic mass is 79.9. The van der Waals surface area contributed by atoms with Crippen LogP contribution >= 0.6 is 27.5 Å². The minimum absolute atomic E-state index is 0.779. The van der Waals surface area contributed by atoms with Crippen molar-refractivity contribution in [3.05, 3.63) is 64.2 Å². The van der Waals surface area contributed by atoms with Gasteiger partial charge in [-0.25, -0.2) is 0 Å². The number of anilines is 1. The van der Waals surface area contributed by atoms with Crippen LogP contribution in [0.3, 0.4) is 0 Å². The average molecular weight is 350 g/mol. The van der Waals surface area contributed by atoms with Crippen LogP contribution in [-0.2, 0) is 6.54 Å². The van der Waals surface area contributed by atoms with E-state index in [2.05, 4.69) is 50.2 Å². The van der Waals surface area contributed by atoms with Gasteiger partial charge >= 0.3 is 0 Å². The Morgan fingerprint density at radius 2 is 1.95 bits per heavy atom. The normalized spacial score (nSPS) is 10.9. The molecule has 0 spiro atoms. The molecule has 0 fully saturated rings. The van der Waals surface area contributed by atoms with Crippen LogP contribution in [0, 0.1) is 0 Å². The maximum absolute atomic E-state index is 6.00. The van der Waals surface area contributed by atoms with Crippen molar-refractivity contribution in [2.24, 2.45) is 0 Å². The topological polar surface area (TPSA) is 17.0 Å². The number of halogens is 2. The van der Waals surface area contributed by atoms with Crippen molar-refractivity contribution in [2.75, 3.05) is 11.9 Å². The van der Waals surface area contributed by atoms with Gasteiger partial charge in [0.05, 0.1) is 0 Å². The van der Waals surface area contributed by atoms with E-state index in [1.165, 1.54) is 10.9 Å². The van der Waals surface area contributed by atoms with E-state index < -0.39 is 0 Å². The van der Waals surface area contributed by atoms with Gasteiger partial charge in [0.1, 0.15) is 0 Å². The maximum atomic E-state index is 6.00. The van der Waals surface area contributed by atoms with Gasteiger partial charge < -0.3 is 9.88 Å². The molecule has 0 unspecified atom stereocenters. The Morgan fingerprint density at radius 1 is 1.10 bits per heavy atom. The van der Waals surface area contributed by atoms with Crippen LogP contribution in [-0.4, -0.2) is 11.1 Å². The predicted molar refractivity (Wildman–Crippen MR) is 89.6 cm³/mol. The summed E-state index contributed by atoms with van der Waals surface area (Å²) in [4.78, 5) is 0. The molecule has 20 heavy (non-hydrogen) atoms. The van der Waals surface area contributed by atoms with Crippen molar-refractivity contribution >= 4 is 44.1 Å². The van der Waals surface area contributed by atoms with E-state index in [9.17, 15) is 0 Å². The molecule has 0 aliphatic rings. The molecule has 0 saturated carbocycles. The minimum Gasteiger partial charge on any atom is -0.382 e. The first kappa shape index (κ1) is 13.5. The average Bonchev–Trinajstić information content (AvgIpc) is 2.83. The second-order valence-corrected chi connectivity index (χ2v) is 5.91. The van der Waals surface area contributed by atoms with Gasteiger partial charge in [0.25, 0.3) is 0 Å². The second kappa shape index (κ2) is 5.90. The zero-order chi connectivity index (χ0) is 13.9. The molecule has 2 nitrogen and oxygen atoms in total. The third kappa shape index (κ3) is 2.84. The standard InChI is InChI=1S/C16H14BrClN2/c17-14-3-1-2-4-15(14)19-8-10-20-9-7-12-11-13(18)5-6-16(12)20/h1-7,9,11,19H,8,10H2. The molecule has 0 bridgehead atoms. The third-order valence-electron chi connectivity index (χ3n) is 3.28. The van der Waals surface area contributed by atoms with Gasteiger partial charge in [0.2, 0.25) is 0 Å². The molecule has 0 saturated heterocycles. The largest absolute Gasteiger partial charge is 0.382 e. The van der Waals surface area contributed by atoms with Crippen LogP contribution in [0.25, 0.3) is 10.9 Å². The number of benzene rings is 2. The number of aromatic nitrogens is 1. The number of fused-ring (bicyclic) bond motifs is 1. The molecule has 2 aromatic carbocycles. The van der Waals surface area contributed by atoms with Crippen LogP contribution in [0.5, 0.6) is 0 Å². The van der Waals surface area contributed by atoms with E-state index in [0.717, 1.165) is 28.3 Å². The lowest BCUT2D eigenvalue weighted by atomic mass is 10.2. The van der Waals surface area contributed by atoms with Crippen LogP contribution in [0.15, 0.2) is 59.2 Å². The Morgan fingerprint density at radius 3 is 2.80 bits per heavy atom. The Bertz CT molecular complexity index is 736. The monoisotopic (exact) mass is 348 g/mol. The van der Waals surface area contributed by atoms with E-state index in [0.29, 0.717) is 0 Å². The molecule has 0 atom stereocenters. The molecule has 0 radical (unpaired) electrons. The van der Waals surface area contributed by atoms with Gasteiger partial charge in [-0.1, -0.05) is 23.7 Å². The summed E-state index contributed by atoms with van der Waals surface area (Å²) < 4.78 is 3.32. The molecule has 1 N–H and O–H groups in total. The highest BCUT2D eigenvalue weighted by molar-refractivity contribution is 9.10. The fourth-order valence-corrected chi connectivity index (χ4v) is 2.89. The fraction of sp³-hybridized carbons (Fsp3) is 0.125. The van der Waals surface area contributed by atoms with Crippen molar-refractivity contribution < 1.29 is 0 Å². The molecule has 1 aromatic heterocycles. The molecule has 0 amide bonds. The van der Waals surface area contributed by atoms with E-state index in [1.807, 2.05) is 30.3 Å². The smallest absolute Gasteiger partial charge is 0.0485 e. The van der Waals surface area contributed by atoms with Crippen LogP contribution in [0.1, 0.15) is 0 Å². The van der Waals surface area contributed by atoms with Crippen LogP contribution in [0.4, 0.5) is 5.69 Å². The number of rotatable bonds is 4. The number of nitrogens with zero attached hydrogens (tertiary/aromatic N) is 1. The lowest BCUT2D eigenvalue weighted by Gasteiger charge is -2.10.